The second-order valence-corrected chi connectivity index (χ2v) is 8.61. The zero-order valence-corrected chi connectivity index (χ0v) is 19.1. The zero-order chi connectivity index (χ0) is 23.6. The molecule has 0 saturated carbocycles. The molecule has 1 aromatic heterocycles. The topological polar surface area (TPSA) is 136 Å². The molecule has 3 N–H and O–H groups in total. The van der Waals surface area contributed by atoms with E-state index in [1.807, 2.05) is 26.0 Å². The lowest BCUT2D eigenvalue weighted by atomic mass is 10.2. The standard InChI is InChI=1S/C21H29N3O7S/c1-15(2)30-10-4-9-22-12-16-5-7-18(19(11-16)29-3)31-20-8-6-17(13-23-20)21(25)24-14-32(26,27)28/h5-8,11,13,15,22H,4,9-10,12,14H2,1-3H3,(H,24,25)(H,26,27,28). The number of carbonyl (C=O) groups excluding carboxylic acids is 1. The van der Waals surface area contributed by atoms with Crippen molar-refractivity contribution in [2.24, 2.45) is 0 Å². The molecule has 1 heterocycles. The Hall–Kier alpha value is -2.73. The van der Waals surface area contributed by atoms with Crippen molar-refractivity contribution in [2.75, 3.05) is 26.1 Å². The Kier molecular flexibility index (Phi) is 9.85. The Morgan fingerprint density at radius 3 is 2.59 bits per heavy atom. The molecular weight excluding hydrogens is 438 g/mol. The van der Waals surface area contributed by atoms with Crippen LogP contribution in [0.4, 0.5) is 0 Å². The monoisotopic (exact) mass is 467 g/mol. The Balaban J connectivity index is 1.91. The van der Waals surface area contributed by atoms with Gasteiger partial charge in [-0.05, 0) is 50.6 Å². The van der Waals surface area contributed by atoms with Gasteiger partial charge in [-0.1, -0.05) is 6.07 Å². The number of hydrogen-bond acceptors (Lipinski definition) is 8. The van der Waals surface area contributed by atoms with Crippen LogP contribution in [0.2, 0.25) is 0 Å². The Morgan fingerprint density at radius 1 is 1.19 bits per heavy atom. The van der Waals surface area contributed by atoms with Gasteiger partial charge >= 0.3 is 0 Å². The van der Waals surface area contributed by atoms with Crippen LogP contribution < -0.4 is 20.1 Å². The minimum atomic E-state index is -4.30. The molecule has 11 heteroatoms. The van der Waals surface area contributed by atoms with Gasteiger partial charge in [0.1, 0.15) is 5.88 Å². The maximum atomic E-state index is 11.9. The van der Waals surface area contributed by atoms with Gasteiger partial charge in [-0.3, -0.25) is 9.35 Å². The summed E-state index contributed by atoms with van der Waals surface area (Å²) in [6.07, 6.45) is 2.40. The number of amides is 1. The number of nitrogens with one attached hydrogen (secondary N) is 2. The van der Waals surface area contributed by atoms with E-state index in [9.17, 15) is 13.2 Å². The average Bonchev–Trinajstić information content (AvgIpc) is 2.75. The van der Waals surface area contributed by atoms with Crippen LogP contribution in [0.5, 0.6) is 17.4 Å². The number of benzene rings is 1. The predicted molar refractivity (Wildman–Crippen MR) is 119 cm³/mol. The summed E-state index contributed by atoms with van der Waals surface area (Å²) in [5.74, 6) is -0.354. The molecule has 1 amide bonds. The number of methoxy groups -OCH3 is 1. The maximum absolute atomic E-state index is 11.9. The third-order valence-corrected chi connectivity index (χ3v) is 4.64. The molecule has 0 bridgehead atoms. The first-order valence-corrected chi connectivity index (χ1v) is 11.7. The van der Waals surface area contributed by atoms with Crippen molar-refractivity contribution in [1.82, 2.24) is 15.6 Å². The molecule has 1 aromatic carbocycles. The SMILES string of the molecule is COc1cc(CNCCCOC(C)C)ccc1Oc1ccc(C(=O)NCS(=O)(=O)O)cn1. The number of carbonyl (C=O) groups is 1. The highest BCUT2D eigenvalue weighted by Crippen LogP contribution is 2.31. The van der Waals surface area contributed by atoms with E-state index in [0.717, 1.165) is 25.1 Å². The molecule has 0 radical (unpaired) electrons. The van der Waals surface area contributed by atoms with Crippen LogP contribution in [0.25, 0.3) is 0 Å². The largest absolute Gasteiger partial charge is 0.493 e. The van der Waals surface area contributed by atoms with Crippen LogP contribution in [-0.2, 0) is 21.4 Å². The van der Waals surface area contributed by atoms with Crippen LogP contribution in [0.3, 0.4) is 0 Å². The summed E-state index contributed by atoms with van der Waals surface area (Å²) in [4.78, 5) is 15.9. The minimum Gasteiger partial charge on any atom is -0.493 e. The Morgan fingerprint density at radius 2 is 1.97 bits per heavy atom. The van der Waals surface area contributed by atoms with Gasteiger partial charge in [-0.2, -0.15) is 8.42 Å². The highest BCUT2D eigenvalue weighted by atomic mass is 32.2. The molecule has 2 aromatic rings. The molecule has 0 atom stereocenters. The summed E-state index contributed by atoms with van der Waals surface area (Å²) < 4.78 is 46.8. The second kappa shape index (κ2) is 12.3. The van der Waals surface area contributed by atoms with Gasteiger partial charge in [0.15, 0.2) is 11.5 Å². The van der Waals surface area contributed by atoms with Crippen molar-refractivity contribution in [1.29, 1.82) is 0 Å². The average molecular weight is 468 g/mol. The van der Waals surface area contributed by atoms with Gasteiger partial charge < -0.3 is 24.8 Å². The molecule has 2 rings (SSSR count). The summed E-state index contributed by atoms with van der Waals surface area (Å²) in [7, 11) is -2.76. The summed E-state index contributed by atoms with van der Waals surface area (Å²) in [6.45, 7) is 6.25. The number of ether oxygens (including phenoxy) is 3. The molecule has 0 spiro atoms. The van der Waals surface area contributed by atoms with Crippen LogP contribution in [0.1, 0.15) is 36.2 Å². The van der Waals surface area contributed by atoms with Crippen molar-refractivity contribution in [3.05, 3.63) is 47.7 Å². The summed E-state index contributed by atoms with van der Waals surface area (Å²) in [5, 5.41) is 5.43. The second-order valence-electron chi connectivity index (χ2n) is 7.15. The normalized spacial score (nSPS) is 11.4. The van der Waals surface area contributed by atoms with Crippen molar-refractivity contribution in [2.45, 2.75) is 32.9 Å². The number of rotatable bonds is 13. The van der Waals surface area contributed by atoms with Crippen molar-refractivity contribution < 1.29 is 32.0 Å². The molecule has 10 nitrogen and oxygen atoms in total. The summed E-state index contributed by atoms with van der Waals surface area (Å²) >= 11 is 0. The molecule has 0 unspecified atom stereocenters. The summed E-state index contributed by atoms with van der Waals surface area (Å²) in [5.41, 5.74) is 1.14. The zero-order valence-electron chi connectivity index (χ0n) is 18.3. The Labute approximate surface area is 188 Å². The van der Waals surface area contributed by atoms with Crippen LogP contribution in [0.15, 0.2) is 36.5 Å². The molecule has 0 aliphatic heterocycles. The van der Waals surface area contributed by atoms with Gasteiger partial charge in [0.25, 0.3) is 16.0 Å². The minimum absolute atomic E-state index is 0.119. The molecule has 0 aliphatic rings. The lowest BCUT2D eigenvalue weighted by Crippen LogP contribution is -2.29. The third-order valence-electron chi connectivity index (χ3n) is 4.13. The highest BCUT2D eigenvalue weighted by molar-refractivity contribution is 7.85. The van der Waals surface area contributed by atoms with E-state index in [-0.39, 0.29) is 17.5 Å². The van der Waals surface area contributed by atoms with Crippen molar-refractivity contribution in [3.8, 4) is 17.4 Å². The van der Waals surface area contributed by atoms with Gasteiger partial charge in [0, 0.05) is 25.4 Å². The molecule has 0 fully saturated rings. The molecule has 0 aliphatic carbocycles. The quantitative estimate of drug-likeness (QED) is 0.299. The van der Waals surface area contributed by atoms with E-state index in [4.69, 9.17) is 18.8 Å². The smallest absolute Gasteiger partial charge is 0.283 e. The highest BCUT2D eigenvalue weighted by Gasteiger charge is 2.12. The van der Waals surface area contributed by atoms with E-state index >= 15 is 0 Å². The number of hydrogen-bond donors (Lipinski definition) is 3. The van der Waals surface area contributed by atoms with E-state index in [0.29, 0.717) is 18.0 Å². The van der Waals surface area contributed by atoms with Crippen LogP contribution >= 0.6 is 0 Å². The van der Waals surface area contributed by atoms with Gasteiger partial charge in [-0.15, -0.1) is 0 Å². The van der Waals surface area contributed by atoms with Crippen molar-refractivity contribution in [3.63, 3.8) is 0 Å². The van der Waals surface area contributed by atoms with Crippen LogP contribution in [0, 0.1) is 0 Å². The first-order chi connectivity index (χ1) is 15.2. The van der Waals surface area contributed by atoms with Gasteiger partial charge in [0.2, 0.25) is 5.88 Å². The number of pyridine rings is 1. The first-order valence-electron chi connectivity index (χ1n) is 10.0. The first kappa shape index (κ1) is 25.5. The number of nitrogens with zero attached hydrogens (tertiary/aromatic N) is 1. The lowest BCUT2D eigenvalue weighted by molar-refractivity contribution is 0.0770. The van der Waals surface area contributed by atoms with Crippen LogP contribution in [-0.4, -0.2) is 56.1 Å². The fourth-order valence-electron chi connectivity index (χ4n) is 2.60. The molecular formula is C21H29N3O7S. The third kappa shape index (κ3) is 9.18. The van der Waals surface area contributed by atoms with Gasteiger partial charge in [0.05, 0.1) is 18.8 Å². The molecule has 0 saturated heterocycles. The fraction of sp³-hybridized carbons (Fsp3) is 0.429. The maximum Gasteiger partial charge on any atom is 0.283 e. The van der Waals surface area contributed by atoms with E-state index in [1.54, 1.807) is 13.2 Å². The fourth-order valence-corrected chi connectivity index (χ4v) is 2.92. The molecule has 32 heavy (non-hydrogen) atoms. The number of aromatic nitrogens is 1. The van der Waals surface area contributed by atoms with Crippen molar-refractivity contribution >= 4 is 16.0 Å². The van der Waals surface area contributed by atoms with E-state index in [1.165, 1.54) is 18.3 Å². The van der Waals surface area contributed by atoms with E-state index < -0.39 is 21.9 Å². The van der Waals surface area contributed by atoms with E-state index in [2.05, 4.69) is 15.6 Å². The Bertz CT molecular complexity index is 979. The summed E-state index contributed by atoms with van der Waals surface area (Å²) in [6, 6.07) is 8.44. The van der Waals surface area contributed by atoms with Gasteiger partial charge in [-0.25, -0.2) is 4.98 Å². The lowest BCUT2D eigenvalue weighted by Gasteiger charge is -2.12. The predicted octanol–water partition coefficient (Wildman–Crippen LogP) is 2.36. The molecule has 176 valence electrons.